The minimum atomic E-state index is -0.351. The number of hydrogen-bond acceptors (Lipinski definition) is 2. The van der Waals surface area contributed by atoms with E-state index in [9.17, 15) is 9.59 Å². The molecule has 0 saturated carbocycles. The van der Waals surface area contributed by atoms with E-state index in [-0.39, 0.29) is 5.91 Å². The van der Waals surface area contributed by atoms with Gasteiger partial charge in [-0.1, -0.05) is 26.2 Å². The van der Waals surface area contributed by atoms with Gasteiger partial charge >= 0.3 is 0 Å². The summed E-state index contributed by atoms with van der Waals surface area (Å²) >= 11 is 0. The van der Waals surface area contributed by atoms with Crippen LogP contribution >= 0.6 is 0 Å². The predicted molar refractivity (Wildman–Crippen MR) is 41.9 cm³/mol. The monoisotopic (exact) mass is 155 g/mol. The van der Waals surface area contributed by atoms with Crippen molar-refractivity contribution in [2.45, 2.75) is 39.0 Å². The van der Waals surface area contributed by atoms with Crippen molar-refractivity contribution in [3.63, 3.8) is 0 Å². The molecule has 0 fully saturated rings. The second kappa shape index (κ2) is 7.16. The van der Waals surface area contributed by atoms with E-state index in [2.05, 4.69) is 11.9 Å². The molecular weight excluding hydrogens is 142 g/mol. The fourth-order valence-corrected chi connectivity index (χ4v) is 0.810. The first-order valence-corrected chi connectivity index (χ1v) is 3.92. The zero-order valence-electron chi connectivity index (χ0n) is 6.80. The third-order valence-corrected chi connectivity index (χ3v) is 1.41. The summed E-state index contributed by atoms with van der Waals surface area (Å²) < 4.78 is 0. The van der Waals surface area contributed by atoms with Crippen LogP contribution in [0.3, 0.4) is 0 Å². The van der Waals surface area contributed by atoms with Crippen molar-refractivity contribution in [2.24, 2.45) is 4.99 Å². The minimum absolute atomic E-state index is 0.351. The van der Waals surface area contributed by atoms with Gasteiger partial charge < -0.3 is 0 Å². The van der Waals surface area contributed by atoms with E-state index in [1.54, 1.807) is 0 Å². The van der Waals surface area contributed by atoms with Crippen LogP contribution in [-0.2, 0) is 9.59 Å². The maximum atomic E-state index is 10.6. The van der Waals surface area contributed by atoms with Crippen molar-refractivity contribution in [2.75, 3.05) is 0 Å². The summed E-state index contributed by atoms with van der Waals surface area (Å²) in [5.74, 6) is -0.351. The Morgan fingerprint density at radius 2 is 2.09 bits per heavy atom. The Kier molecular flexibility index (Phi) is 6.54. The lowest BCUT2D eigenvalue weighted by Crippen LogP contribution is -1.91. The van der Waals surface area contributed by atoms with Gasteiger partial charge in [-0.05, 0) is 6.42 Å². The lowest BCUT2D eigenvalue weighted by Gasteiger charge is -1.93. The molecule has 0 saturated heterocycles. The summed E-state index contributed by atoms with van der Waals surface area (Å²) in [7, 11) is 0. The van der Waals surface area contributed by atoms with Gasteiger partial charge in [0.15, 0.2) is 0 Å². The fraction of sp³-hybridized carbons (Fsp3) is 0.750. The second-order valence-electron chi connectivity index (χ2n) is 2.41. The van der Waals surface area contributed by atoms with Gasteiger partial charge in [0.05, 0.1) is 0 Å². The van der Waals surface area contributed by atoms with Crippen LogP contribution in [0.25, 0.3) is 0 Å². The first kappa shape index (κ1) is 10.0. The zero-order valence-corrected chi connectivity index (χ0v) is 6.80. The van der Waals surface area contributed by atoms with E-state index in [1.807, 2.05) is 0 Å². The minimum Gasteiger partial charge on any atom is -0.272 e. The van der Waals surface area contributed by atoms with Gasteiger partial charge in [-0.25, -0.2) is 4.79 Å². The van der Waals surface area contributed by atoms with Crippen LogP contribution in [0.5, 0.6) is 0 Å². The van der Waals surface area contributed by atoms with Crippen LogP contribution < -0.4 is 0 Å². The molecule has 0 aromatic rings. The van der Waals surface area contributed by atoms with Gasteiger partial charge in [-0.2, -0.15) is 0 Å². The molecule has 0 aliphatic rings. The molecule has 0 heterocycles. The molecule has 0 bridgehead atoms. The number of hydrogen-bond donors (Lipinski definition) is 0. The number of amides is 1. The molecule has 0 aliphatic carbocycles. The molecule has 1 amide bonds. The normalized spacial score (nSPS) is 8.82. The van der Waals surface area contributed by atoms with Gasteiger partial charge in [0.25, 0.3) is 5.91 Å². The van der Waals surface area contributed by atoms with Crippen LogP contribution in [0.15, 0.2) is 4.99 Å². The number of carbonyl (C=O) groups excluding carboxylic acids is 2. The quantitative estimate of drug-likeness (QED) is 0.345. The third kappa shape index (κ3) is 6.94. The maximum Gasteiger partial charge on any atom is 0.256 e. The van der Waals surface area contributed by atoms with E-state index in [0.717, 1.165) is 25.7 Å². The zero-order chi connectivity index (χ0) is 8.53. The highest BCUT2D eigenvalue weighted by Gasteiger charge is 1.96. The summed E-state index contributed by atoms with van der Waals surface area (Å²) in [6, 6.07) is 0. The number of nitrogens with zero attached hydrogens (tertiary/aromatic N) is 1. The van der Waals surface area contributed by atoms with Crippen LogP contribution in [0.2, 0.25) is 0 Å². The van der Waals surface area contributed by atoms with E-state index < -0.39 is 0 Å². The molecule has 3 heteroatoms. The van der Waals surface area contributed by atoms with Crippen LogP contribution in [-0.4, -0.2) is 12.0 Å². The fourth-order valence-electron chi connectivity index (χ4n) is 0.810. The molecule has 0 rings (SSSR count). The van der Waals surface area contributed by atoms with E-state index in [4.69, 9.17) is 0 Å². The molecular formula is C8H13NO2. The highest BCUT2D eigenvalue weighted by atomic mass is 16.2. The standard InChI is InChI=1S/C8H13NO2/c1-2-3-4-5-6-8(11)9-7-10/h2-6H2,1H3. The van der Waals surface area contributed by atoms with Gasteiger partial charge in [0, 0.05) is 6.42 Å². The number of unbranched alkanes of at least 4 members (excludes halogenated alkanes) is 3. The Bertz CT molecular complexity index is 159. The van der Waals surface area contributed by atoms with Crippen molar-refractivity contribution < 1.29 is 9.59 Å². The van der Waals surface area contributed by atoms with E-state index in [0.29, 0.717) is 6.42 Å². The van der Waals surface area contributed by atoms with Gasteiger partial charge in [0.1, 0.15) is 0 Å². The molecule has 0 radical (unpaired) electrons. The topological polar surface area (TPSA) is 46.5 Å². The molecule has 0 unspecified atom stereocenters. The van der Waals surface area contributed by atoms with E-state index >= 15 is 0 Å². The van der Waals surface area contributed by atoms with Crippen molar-refractivity contribution in [3.8, 4) is 0 Å². The first-order chi connectivity index (χ1) is 5.31. The van der Waals surface area contributed by atoms with Crippen molar-refractivity contribution >= 4 is 12.0 Å². The van der Waals surface area contributed by atoms with Crippen LogP contribution in [0.1, 0.15) is 39.0 Å². The summed E-state index contributed by atoms with van der Waals surface area (Å²) in [5, 5.41) is 0. The Balaban J connectivity index is 3.24. The van der Waals surface area contributed by atoms with Crippen LogP contribution in [0, 0.1) is 0 Å². The predicted octanol–water partition coefficient (Wildman–Crippen LogP) is 1.82. The number of carbonyl (C=O) groups is 1. The highest BCUT2D eigenvalue weighted by molar-refractivity contribution is 5.81. The Hall–Kier alpha value is -0.950. The molecule has 11 heavy (non-hydrogen) atoms. The molecule has 0 atom stereocenters. The summed E-state index contributed by atoms with van der Waals surface area (Å²) in [6.07, 6.45) is 5.77. The molecule has 62 valence electrons. The van der Waals surface area contributed by atoms with Gasteiger partial charge in [-0.3, -0.25) is 4.79 Å². The molecule has 0 spiro atoms. The molecule has 0 aromatic carbocycles. The van der Waals surface area contributed by atoms with E-state index in [1.165, 1.54) is 6.08 Å². The lowest BCUT2D eigenvalue weighted by atomic mass is 10.1. The first-order valence-electron chi connectivity index (χ1n) is 3.92. The molecule has 3 nitrogen and oxygen atoms in total. The largest absolute Gasteiger partial charge is 0.272 e. The summed E-state index contributed by atoms with van der Waals surface area (Å²) in [5.41, 5.74) is 0. The van der Waals surface area contributed by atoms with Gasteiger partial charge in [0.2, 0.25) is 6.08 Å². The Morgan fingerprint density at radius 3 is 2.64 bits per heavy atom. The van der Waals surface area contributed by atoms with Crippen molar-refractivity contribution in [3.05, 3.63) is 0 Å². The third-order valence-electron chi connectivity index (χ3n) is 1.41. The second-order valence-corrected chi connectivity index (χ2v) is 2.41. The molecule has 0 N–H and O–H groups in total. The SMILES string of the molecule is CCCCCCC(=O)N=C=O. The van der Waals surface area contributed by atoms with Gasteiger partial charge in [-0.15, -0.1) is 4.99 Å². The smallest absolute Gasteiger partial charge is 0.256 e. The van der Waals surface area contributed by atoms with Crippen LogP contribution in [0.4, 0.5) is 0 Å². The summed E-state index contributed by atoms with van der Waals surface area (Å²) in [6.45, 7) is 2.10. The Labute approximate surface area is 66.5 Å². The number of aliphatic imine (C=N–C) groups is 1. The average molecular weight is 155 g/mol. The van der Waals surface area contributed by atoms with Crippen molar-refractivity contribution in [1.29, 1.82) is 0 Å². The highest BCUT2D eigenvalue weighted by Crippen LogP contribution is 2.02. The van der Waals surface area contributed by atoms with Crippen molar-refractivity contribution in [1.82, 2.24) is 0 Å². The average Bonchev–Trinajstić information content (AvgIpc) is 1.99. The number of rotatable bonds is 5. The molecule has 0 aliphatic heterocycles. The number of isocyanates is 1. The lowest BCUT2D eigenvalue weighted by molar-refractivity contribution is -0.117. The molecule has 0 aromatic heterocycles. The Morgan fingerprint density at radius 1 is 1.36 bits per heavy atom. The summed E-state index contributed by atoms with van der Waals surface area (Å²) in [4.78, 5) is 23.1. The maximum absolute atomic E-state index is 10.6.